The minimum Gasteiger partial charge on any atom is -0.478 e. The Morgan fingerprint density at radius 3 is 1.27 bits per heavy atom. The number of amides is 2. The Morgan fingerprint density at radius 2 is 1.04 bits per heavy atom. The van der Waals surface area contributed by atoms with E-state index in [-0.39, 0.29) is 32.6 Å². The first-order valence-electron chi connectivity index (χ1n) is 17.0. The third-order valence-corrected chi connectivity index (χ3v) is 7.29. The van der Waals surface area contributed by atoms with Crippen LogP contribution < -0.4 is 21.3 Å². The number of carbonyl (C=O) groups is 5. The van der Waals surface area contributed by atoms with E-state index in [2.05, 4.69) is 39.2 Å². The number of cyclic esters (lactones) is 1. The molecule has 12 heteroatoms. The summed E-state index contributed by atoms with van der Waals surface area (Å²) in [6, 6.07) is 0. The van der Waals surface area contributed by atoms with Crippen molar-refractivity contribution in [2.45, 2.75) is 124 Å². The number of allylic oxidation sites excluding steroid dienone is 1. The summed E-state index contributed by atoms with van der Waals surface area (Å²) >= 11 is 0. The molecule has 2 saturated carbocycles. The summed E-state index contributed by atoms with van der Waals surface area (Å²) in [4.78, 5) is 51.5. The van der Waals surface area contributed by atoms with Crippen molar-refractivity contribution in [3.8, 4) is 0 Å². The van der Waals surface area contributed by atoms with Gasteiger partial charge in [-0.1, -0.05) is 27.9 Å². The molecule has 4 N–H and O–H groups in total. The maximum Gasteiger partial charge on any atom is 0.407 e. The summed E-state index contributed by atoms with van der Waals surface area (Å²) < 4.78 is 14.2. The maximum atomic E-state index is 10.5. The molecule has 7 aliphatic rings. The Balaban J connectivity index is 0. The van der Waals surface area contributed by atoms with Gasteiger partial charge in [0.15, 0.2) is 11.7 Å². The van der Waals surface area contributed by atoms with Gasteiger partial charge < -0.3 is 35.5 Å². The summed E-state index contributed by atoms with van der Waals surface area (Å²) in [6.07, 6.45) is 16.9. The van der Waals surface area contributed by atoms with Gasteiger partial charge in [0, 0.05) is 70.5 Å². The van der Waals surface area contributed by atoms with E-state index in [1.54, 1.807) is 0 Å². The van der Waals surface area contributed by atoms with Crippen molar-refractivity contribution in [2.24, 2.45) is 0 Å². The van der Waals surface area contributed by atoms with Crippen LogP contribution in [0, 0.1) is 0 Å². The van der Waals surface area contributed by atoms with Crippen LogP contribution in [0.15, 0.2) is 24.7 Å². The number of hydrogen-bond acceptors (Lipinski definition) is 10. The van der Waals surface area contributed by atoms with E-state index >= 15 is 0 Å². The first-order valence-corrected chi connectivity index (χ1v) is 17.0. The van der Waals surface area contributed by atoms with E-state index in [0.717, 1.165) is 129 Å². The van der Waals surface area contributed by atoms with E-state index in [0.29, 0.717) is 30.7 Å². The lowest BCUT2D eigenvalue weighted by molar-refractivity contribution is -0.127. The molecule has 0 unspecified atom stereocenters. The number of piperidine rings is 1. The van der Waals surface area contributed by atoms with Crippen molar-refractivity contribution in [1.82, 2.24) is 21.3 Å². The number of alkyl carbamates (subject to hydrolysis) is 1. The highest BCUT2D eigenvalue weighted by Gasteiger charge is 2.08. The fourth-order valence-electron chi connectivity index (χ4n) is 4.62. The van der Waals surface area contributed by atoms with Crippen molar-refractivity contribution in [3.05, 3.63) is 24.7 Å². The van der Waals surface area contributed by atoms with E-state index < -0.39 is 0 Å². The zero-order chi connectivity index (χ0) is 33.7. The molecular formula is C36H66N4O8. The number of hydrogen-bond donors (Lipinski definition) is 4. The lowest BCUT2D eigenvalue weighted by Gasteiger charge is -2.10. The average Bonchev–Trinajstić information content (AvgIpc) is 3.86. The predicted octanol–water partition coefficient (Wildman–Crippen LogP) is 5.65. The standard InChI is InChI=1S/C6H10O.C5H9NO.C5H9N.C5H8O2.C5H8O.C4H7NO2.C4H7NO.2CH4/c7-6-4-2-1-3-5-6;7-5-3-1-2-4-6-5;1-5-3-2-4-6-5;6-5-2-1-3-7-4-5;6-5-3-1-2-4-5;6-4-5-2-1-3-7-4;1-4-5-2-3-6-4;;/h1-5H2;1-4H2,(H,6,7);6H,1-4H2;1-4H2;1-4H2;1-3H2,(H,5,6);5H,1-3H2;2*1H4. The van der Waals surface area contributed by atoms with Crippen molar-refractivity contribution in [3.63, 3.8) is 0 Å². The first kappa shape index (κ1) is 46.7. The molecule has 5 saturated heterocycles. The molecule has 7 rings (SSSR count). The fourth-order valence-corrected chi connectivity index (χ4v) is 4.62. The van der Waals surface area contributed by atoms with Crippen LogP contribution in [0.2, 0.25) is 0 Å². The van der Waals surface area contributed by atoms with Crippen molar-refractivity contribution < 1.29 is 38.2 Å². The van der Waals surface area contributed by atoms with Gasteiger partial charge in [0.2, 0.25) is 5.91 Å². The molecule has 0 spiro atoms. The molecule has 2 aliphatic carbocycles. The zero-order valence-corrected chi connectivity index (χ0v) is 27.9. The van der Waals surface area contributed by atoms with Gasteiger partial charge in [-0.05, 0) is 70.8 Å². The van der Waals surface area contributed by atoms with Gasteiger partial charge in [0.25, 0.3) is 0 Å². The SMILES string of the molecule is C.C.C=C1CCCN1.C=C1NCCO1.O=C1CCCC1.O=C1CCCCC1.O=C1CCCCN1.O=C1CCCOC1.O=C1NCCCO1. The highest BCUT2D eigenvalue weighted by atomic mass is 16.5. The molecule has 5 heterocycles. The number of Topliss-reactive ketones (excluding diaryl/α,β-unsaturated/α-hetero) is 3. The van der Waals surface area contributed by atoms with Crippen molar-refractivity contribution in [1.29, 1.82) is 0 Å². The van der Waals surface area contributed by atoms with Gasteiger partial charge in [-0.3, -0.25) is 19.2 Å². The molecule has 5 aliphatic heterocycles. The molecule has 0 radical (unpaired) electrons. The van der Waals surface area contributed by atoms with Crippen molar-refractivity contribution >= 4 is 29.4 Å². The summed E-state index contributed by atoms with van der Waals surface area (Å²) in [5.74, 6) is 2.08. The third-order valence-electron chi connectivity index (χ3n) is 7.29. The number of nitrogens with one attached hydrogen (secondary N) is 4. The Labute approximate surface area is 289 Å². The Hall–Kier alpha value is -3.41. The maximum absolute atomic E-state index is 10.5. The fraction of sp³-hybridized carbons (Fsp3) is 0.750. The molecule has 0 aromatic rings. The van der Waals surface area contributed by atoms with E-state index in [1.165, 1.54) is 25.0 Å². The molecular weight excluding hydrogens is 616 g/mol. The molecule has 0 atom stereocenters. The average molecular weight is 683 g/mol. The number of ether oxygens (including phenoxy) is 3. The quantitative estimate of drug-likeness (QED) is 0.251. The van der Waals surface area contributed by atoms with Gasteiger partial charge >= 0.3 is 6.09 Å². The molecule has 278 valence electrons. The van der Waals surface area contributed by atoms with Crippen LogP contribution in [-0.2, 0) is 33.4 Å². The van der Waals surface area contributed by atoms with E-state index in [9.17, 15) is 24.0 Å². The molecule has 0 aromatic carbocycles. The second-order valence-electron chi connectivity index (χ2n) is 11.6. The summed E-state index contributed by atoms with van der Waals surface area (Å²) in [7, 11) is 0. The second-order valence-corrected chi connectivity index (χ2v) is 11.6. The molecule has 48 heavy (non-hydrogen) atoms. The predicted molar refractivity (Wildman–Crippen MR) is 190 cm³/mol. The number of carbonyl (C=O) groups excluding carboxylic acids is 5. The molecule has 2 amide bonds. The summed E-state index contributed by atoms with van der Waals surface area (Å²) in [5.41, 5.74) is 1.20. The molecule has 7 fully saturated rings. The molecule has 0 aromatic heterocycles. The zero-order valence-electron chi connectivity index (χ0n) is 27.9. The van der Waals surface area contributed by atoms with Crippen LogP contribution in [0.1, 0.15) is 124 Å². The van der Waals surface area contributed by atoms with Crippen molar-refractivity contribution in [2.75, 3.05) is 52.6 Å². The smallest absolute Gasteiger partial charge is 0.407 e. The van der Waals surface area contributed by atoms with E-state index in [4.69, 9.17) is 9.47 Å². The Morgan fingerprint density at radius 1 is 0.458 bits per heavy atom. The summed E-state index contributed by atoms with van der Waals surface area (Å²) in [6.45, 7) is 13.4. The van der Waals surface area contributed by atoms with Crippen LogP contribution in [0.5, 0.6) is 0 Å². The van der Waals surface area contributed by atoms with Crippen LogP contribution in [0.3, 0.4) is 0 Å². The lowest BCUT2D eigenvalue weighted by atomic mass is 10.00. The largest absolute Gasteiger partial charge is 0.478 e. The van der Waals surface area contributed by atoms with Gasteiger partial charge in [-0.25, -0.2) is 4.79 Å². The molecule has 12 nitrogen and oxygen atoms in total. The van der Waals surface area contributed by atoms with Crippen LogP contribution >= 0.6 is 0 Å². The highest BCUT2D eigenvalue weighted by Crippen LogP contribution is 2.12. The highest BCUT2D eigenvalue weighted by molar-refractivity contribution is 5.80. The van der Waals surface area contributed by atoms with Crippen LogP contribution in [0.25, 0.3) is 0 Å². The topological polar surface area (TPSA) is 161 Å². The monoisotopic (exact) mass is 682 g/mol. The Bertz CT molecular complexity index is 749. The van der Waals surface area contributed by atoms with Crippen LogP contribution in [-0.4, -0.2) is 82.0 Å². The minimum atomic E-state index is -0.286. The van der Waals surface area contributed by atoms with Gasteiger partial charge in [0.1, 0.15) is 24.8 Å². The van der Waals surface area contributed by atoms with E-state index in [1.807, 2.05) is 0 Å². The lowest BCUT2D eigenvalue weighted by Crippen LogP contribution is -2.31. The number of ketones is 3. The normalized spacial score (nSPS) is 20.5. The van der Waals surface area contributed by atoms with Gasteiger partial charge in [-0.2, -0.15) is 0 Å². The minimum absolute atomic E-state index is 0. The molecule has 0 bridgehead atoms. The van der Waals surface area contributed by atoms with Gasteiger partial charge in [-0.15, -0.1) is 0 Å². The number of rotatable bonds is 0. The summed E-state index contributed by atoms with van der Waals surface area (Å²) in [5, 5.41) is 11.3. The Kier molecular flexibility index (Phi) is 31.3. The second kappa shape index (κ2) is 32.2. The van der Waals surface area contributed by atoms with Crippen LogP contribution in [0.4, 0.5) is 4.79 Å². The van der Waals surface area contributed by atoms with Gasteiger partial charge in [0.05, 0.1) is 13.2 Å². The first-order chi connectivity index (χ1) is 22.3. The third kappa shape index (κ3) is 30.0.